The molecule has 0 unspecified atom stereocenters. The molecule has 0 bridgehead atoms. The molecule has 0 radical (unpaired) electrons. The maximum Gasteiger partial charge on any atom is 0.499 e. The minimum atomic E-state index is -5.77. The number of halogens is 5. The first-order chi connectivity index (χ1) is 8.76. The molecule has 0 fully saturated rings. The van der Waals surface area contributed by atoms with Crippen molar-refractivity contribution in [2.75, 3.05) is 0 Å². The summed E-state index contributed by atoms with van der Waals surface area (Å²) in [5.41, 5.74) is 0.554. The van der Waals surface area contributed by atoms with Gasteiger partial charge in [-0.25, -0.2) is 0 Å². The predicted octanol–water partition coefficient (Wildman–Crippen LogP) is 4.15. The summed E-state index contributed by atoms with van der Waals surface area (Å²) in [6.07, 6.45) is -7.76. The van der Waals surface area contributed by atoms with Crippen molar-refractivity contribution in [3.8, 4) is 11.8 Å². The third-order valence-corrected chi connectivity index (χ3v) is 1.98. The first kappa shape index (κ1) is 15.0. The minimum Gasteiger partial charge on any atom is -0.426 e. The molecule has 0 aliphatic carbocycles. The van der Waals surface area contributed by atoms with Crippen molar-refractivity contribution >= 4 is 6.08 Å². The Bertz CT molecular complexity index is 484. The Kier molecular flexibility index (Phi) is 4.48. The molecule has 102 valence electrons. The first-order valence-electron chi connectivity index (χ1n) is 5.03. The molecular weight excluding hydrogens is 269 g/mol. The van der Waals surface area contributed by atoms with Crippen LogP contribution >= 0.6 is 0 Å². The molecular formula is C12H8F5NO. The lowest BCUT2D eigenvalue weighted by atomic mass is 10.2. The fourth-order valence-electron chi connectivity index (χ4n) is 1.10. The number of hydrogen-bond acceptors (Lipinski definition) is 2. The predicted molar refractivity (Wildman–Crippen MR) is 57.3 cm³/mol. The van der Waals surface area contributed by atoms with E-state index >= 15 is 0 Å². The largest absolute Gasteiger partial charge is 0.499 e. The van der Waals surface area contributed by atoms with E-state index in [1.807, 2.05) is 6.07 Å². The molecule has 1 aromatic rings. The van der Waals surface area contributed by atoms with Gasteiger partial charge in [0.2, 0.25) is 0 Å². The summed E-state index contributed by atoms with van der Waals surface area (Å²) in [5, 5.41) is 8.28. The quantitative estimate of drug-likeness (QED) is 0.774. The fourth-order valence-corrected chi connectivity index (χ4v) is 1.10. The average molecular weight is 277 g/mol. The summed E-state index contributed by atoms with van der Waals surface area (Å²) < 4.78 is 64.4. The highest BCUT2D eigenvalue weighted by atomic mass is 19.4. The normalized spacial score (nSPS) is 12.4. The van der Waals surface area contributed by atoms with Gasteiger partial charge in [0.1, 0.15) is 5.75 Å². The molecule has 1 aromatic carbocycles. The van der Waals surface area contributed by atoms with Crippen LogP contribution in [0.4, 0.5) is 22.0 Å². The number of rotatable bonds is 4. The highest BCUT2D eigenvalue weighted by molar-refractivity contribution is 5.50. The van der Waals surface area contributed by atoms with Crippen molar-refractivity contribution in [1.29, 1.82) is 5.26 Å². The zero-order valence-corrected chi connectivity index (χ0v) is 9.42. The Morgan fingerprint density at radius 3 is 2.16 bits per heavy atom. The average Bonchev–Trinajstić information content (AvgIpc) is 2.30. The van der Waals surface area contributed by atoms with Gasteiger partial charge in [-0.2, -0.15) is 27.2 Å². The Hall–Kier alpha value is -2.10. The van der Waals surface area contributed by atoms with E-state index in [0.717, 1.165) is 12.1 Å². The Labute approximate surface area is 105 Å². The van der Waals surface area contributed by atoms with Gasteiger partial charge >= 0.3 is 12.3 Å². The van der Waals surface area contributed by atoms with Crippen LogP contribution in [0.1, 0.15) is 12.0 Å². The van der Waals surface area contributed by atoms with Crippen molar-refractivity contribution in [3.05, 3.63) is 35.9 Å². The summed E-state index contributed by atoms with van der Waals surface area (Å²) in [6.45, 7) is 0. The maximum absolute atomic E-state index is 12.6. The van der Waals surface area contributed by atoms with Crippen molar-refractivity contribution in [1.82, 2.24) is 0 Å². The lowest BCUT2D eigenvalue weighted by Crippen LogP contribution is -2.41. The minimum absolute atomic E-state index is 0.171. The van der Waals surface area contributed by atoms with E-state index < -0.39 is 18.0 Å². The topological polar surface area (TPSA) is 33.0 Å². The number of nitrogens with zero attached hydrogens (tertiary/aromatic N) is 1. The van der Waals surface area contributed by atoms with Gasteiger partial charge in [0, 0.05) is 0 Å². The monoisotopic (exact) mass is 277 g/mol. The van der Waals surface area contributed by atoms with Crippen LogP contribution in [0.15, 0.2) is 30.3 Å². The molecule has 0 saturated carbocycles. The van der Waals surface area contributed by atoms with E-state index in [1.54, 1.807) is 0 Å². The fraction of sp³-hybridized carbons (Fsp3) is 0.250. The SMILES string of the molecule is N#CCC=Cc1ccc(OC(F)(F)C(F)(F)F)cc1. The Morgan fingerprint density at radius 1 is 1.11 bits per heavy atom. The molecule has 0 aromatic heterocycles. The summed E-state index contributed by atoms with van der Waals surface area (Å²) in [4.78, 5) is 0. The van der Waals surface area contributed by atoms with Gasteiger partial charge in [0.15, 0.2) is 0 Å². The number of nitriles is 1. The Balaban J connectivity index is 2.76. The van der Waals surface area contributed by atoms with E-state index in [0.29, 0.717) is 5.56 Å². The van der Waals surface area contributed by atoms with E-state index in [9.17, 15) is 22.0 Å². The van der Waals surface area contributed by atoms with Crippen molar-refractivity contribution in [2.45, 2.75) is 18.7 Å². The molecule has 0 heterocycles. The summed E-state index contributed by atoms with van der Waals surface area (Å²) in [7, 11) is 0. The van der Waals surface area contributed by atoms with Crippen LogP contribution < -0.4 is 4.74 Å². The molecule has 19 heavy (non-hydrogen) atoms. The van der Waals surface area contributed by atoms with Crippen LogP contribution in [0.5, 0.6) is 5.75 Å². The van der Waals surface area contributed by atoms with E-state index in [1.165, 1.54) is 24.3 Å². The van der Waals surface area contributed by atoms with Crippen molar-refractivity contribution < 1.29 is 26.7 Å². The van der Waals surface area contributed by atoms with E-state index in [4.69, 9.17) is 5.26 Å². The summed E-state index contributed by atoms with van der Waals surface area (Å²) in [5.74, 6) is -0.597. The highest BCUT2D eigenvalue weighted by Gasteiger charge is 2.61. The maximum atomic E-state index is 12.6. The van der Waals surface area contributed by atoms with Gasteiger partial charge in [-0.1, -0.05) is 24.3 Å². The lowest BCUT2D eigenvalue weighted by Gasteiger charge is -2.20. The lowest BCUT2D eigenvalue weighted by molar-refractivity contribution is -0.360. The molecule has 0 spiro atoms. The number of ether oxygens (including phenoxy) is 1. The van der Waals surface area contributed by atoms with Crippen LogP contribution in [-0.4, -0.2) is 12.3 Å². The van der Waals surface area contributed by atoms with Crippen LogP contribution in [0.3, 0.4) is 0 Å². The molecule has 0 aliphatic rings. The second kappa shape index (κ2) is 5.69. The van der Waals surface area contributed by atoms with Gasteiger partial charge in [-0.3, -0.25) is 0 Å². The van der Waals surface area contributed by atoms with Gasteiger partial charge in [0.05, 0.1) is 12.5 Å². The number of alkyl halides is 5. The molecule has 2 nitrogen and oxygen atoms in total. The highest BCUT2D eigenvalue weighted by Crippen LogP contribution is 2.37. The first-order valence-corrected chi connectivity index (χ1v) is 5.03. The molecule has 0 saturated heterocycles. The third kappa shape index (κ3) is 4.25. The molecule has 0 aliphatic heterocycles. The second-order valence-corrected chi connectivity index (χ2v) is 3.45. The van der Waals surface area contributed by atoms with Crippen molar-refractivity contribution in [3.63, 3.8) is 0 Å². The Morgan fingerprint density at radius 2 is 1.68 bits per heavy atom. The molecule has 0 amide bonds. The summed E-state index contributed by atoms with van der Waals surface area (Å²) in [6, 6.07) is 6.45. The van der Waals surface area contributed by atoms with Crippen LogP contribution in [0.2, 0.25) is 0 Å². The third-order valence-electron chi connectivity index (χ3n) is 1.98. The molecule has 7 heteroatoms. The zero-order valence-electron chi connectivity index (χ0n) is 9.42. The van der Waals surface area contributed by atoms with Crippen LogP contribution in [-0.2, 0) is 0 Å². The van der Waals surface area contributed by atoms with Crippen molar-refractivity contribution in [2.24, 2.45) is 0 Å². The number of hydrogen-bond donors (Lipinski definition) is 0. The second-order valence-electron chi connectivity index (χ2n) is 3.45. The van der Waals surface area contributed by atoms with Gasteiger partial charge < -0.3 is 4.74 Å². The zero-order chi connectivity index (χ0) is 14.5. The standard InChI is InChI=1S/C12H8F5NO/c13-11(14,15)12(16,17)19-10-6-4-9(5-7-10)3-1-2-8-18/h1,3-7H,2H2. The molecule has 0 atom stereocenters. The van der Waals surface area contributed by atoms with Crippen LogP contribution in [0, 0.1) is 11.3 Å². The van der Waals surface area contributed by atoms with Gasteiger partial charge in [0.25, 0.3) is 0 Å². The smallest absolute Gasteiger partial charge is 0.426 e. The molecule has 0 N–H and O–H groups in total. The van der Waals surface area contributed by atoms with E-state index in [-0.39, 0.29) is 6.42 Å². The van der Waals surface area contributed by atoms with E-state index in [2.05, 4.69) is 4.74 Å². The summed E-state index contributed by atoms with van der Waals surface area (Å²) >= 11 is 0. The molecule has 1 rings (SSSR count). The number of allylic oxidation sites excluding steroid dienone is 1. The van der Waals surface area contributed by atoms with Crippen LogP contribution in [0.25, 0.3) is 6.08 Å². The van der Waals surface area contributed by atoms with Gasteiger partial charge in [-0.15, -0.1) is 0 Å². The van der Waals surface area contributed by atoms with Gasteiger partial charge in [-0.05, 0) is 17.7 Å². The number of benzene rings is 1.